The highest BCUT2D eigenvalue weighted by Crippen LogP contribution is 2.24. The number of aromatic hydroxyl groups is 1. The summed E-state index contributed by atoms with van der Waals surface area (Å²) in [6, 6.07) is 11.7. The fraction of sp³-hybridized carbons (Fsp3) is 0.318. The first-order valence-electron chi connectivity index (χ1n) is 9.54. The summed E-state index contributed by atoms with van der Waals surface area (Å²) in [6.45, 7) is 1.83. The van der Waals surface area contributed by atoms with Crippen molar-refractivity contribution in [3.05, 3.63) is 59.7 Å². The third kappa shape index (κ3) is 6.05. The fourth-order valence-corrected chi connectivity index (χ4v) is 2.86. The van der Waals surface area contributed by atoms with Gasteiger partial charge in [-0.3, -0.25) is 4.79 Å². The monoisotopic (exact) mass is 414 g/mol. The minimum absolute atomic E-state index is 0.0579. The Labute approximate surface area is 175 Å². The van der Waals surface area contributed by atoms with E-state index < -0.39 is 29.9 Å². The average molecular weight is 414 g/mol. The molecule has 1 unspecified atom stereocenters. The summed E-state index contributed by atoms with van der Waals surface area (Å²) >= 11 is 0. The lowest BCUT2D eigenvalue weighted by atomic mass is 10.1. The molecule has 0 saturated carbocycles. The second kappa shape index (κ2) is 11.0. The third-order valence-corrected chi connectivity index (χ3v) is 4.55. The number of nitrogens with one attached hydrogen (secondary N) is 2. The summed E-state index contributed by atoms with van der Waals surface area (Å²) in [5.74, 6) is -2.02. The average Bonchev–Trinajstić information content (AvgIpc) is 2.74. The summed E-state index contributed by atoms with van der Waals surface area (Å²) in [7, 11) is 2.88. The maximum absolute atomic E-state index is 12.6. The summed E-state index contributed by atoms with van der Waals surface area (Å²) in [6.07, 6.45) is 0.774. The third-order valence-electron chi connectivity index (χ3n) is 4.55. The normalized spacial score (nSPS) is 12.5. The highest BCUT2D eigenvalue weighted by Gasteiger charge is 2.24. The van der Waals surface area contributed by atoms with Crippen LogP contribution in [0.15, 0.2) is 48.5 Å². The zero-order chi connectivity index (χ0) is 22.1. The molecule has 1 amide bonds. The van der Waals surface area contributed by atoms with Gasteiger partial charge in [0.15, 0.2) is 0 Å². The van der Waals surface area contributed by atoms with E-state index in [-0.39, 0.29) is 23.5 Å². The van der Waals surface area contributed by atoms with E-state index in [0.29, 0.717) is 6.42 Å². The lowest BCUT2D eigenvalue weighted by Gasteiger charge is -2.17. The summed E-state index contributed by atoms with van der Waals surface area (Å²) in [5.41, 5.74) is 0.784. The van der Waals surface area contributed by atoms with Gasteiger partial charge < -0.3 is 25.2 Å². The van der Waals surface area contributed by atoms with Crippen molar-refractivity contribution >= 4 is 17.8 Å². The molecule has 2 rings (SSSR count). The molecule has 8 heteroatoms. The van der Waals surface area contributed by atoms with E-state index in [1.807, 2.05) is 37.3 Å². The Bertz CT molecular complexity index is 880. The molecule has 0 saturated heterocycles. The number of carbonyl (C=O) groups excluding carboxylic acids is 3. The van der Waals surface area contributed by atoms with Crippen molar-refractivity contribution in [2.75, 3.05) is 14.2 Å². The molecule has 0 radical (unpaired) electrons. The lowest BCUT2D eigenvalue weighted by Crippen LogP contribution is -2.43. The first kappa shape index (κ1) is 22.9. The Balaban J connectivity index is 2.12. The van der Waals surface area contributed by atoms with Crippen LogP contribution >= 0.6 is 0 Å². The van der Waals surface area contributed by atoms with Gasteiger partial charge in [-0.05, 0) is 31.2 Å². The number of benzene rings is 2. The van der Waals surface area contributed by atoms with Crippen LogP contribution < -0.4 is 15.4 Å². The van der Waals surface area contributed by atoms with Crippen LogP contribution in [0.2, 0.25) is 0 Å². The van der Waals surface area contributed by atoms with Crippen molar-refractivity contribution in [1.29, 1.82) is 0 Å². The number of hydrogen-bond donors (Lipinski definition) is 3. The van der Waals surface area contributed by atoms with Gasteiger partial charge >= 0.3 is 11.9 Å². The number of carbonyl (C=O) groups is 3. The minimum atomic E-state index is -0.928. The van der Waals surface area contributed by atoms with Crippen LogP contribution in [0, 0.1) is 0 Å². The van der Waals surface area contributed by atoms with Crippen LogP contribution in [0.5, 0.6) is 11.5 Å². The van der Waals surface area contributed by atoms with Crippen LogP contribution in [0.25, 0.3) is 0 Å². The Morgan fingerprint density at radius 1 is 1.03 bits per heavy atom. The predicted octanol–water partition coefficient (Wildman–Crippen LogP) is 1.81. The van der Waals surface area contributed by atoms with Crippen molar-refractivity contribution in [3.63, 3.8) is 0 Å². The van der Waals surface area contributed by atoms with Gasteiger partial charge in [-0.25, -0.2) is 9.59 Å². The van der Waals surface area contributed by atoms with Gasteiger partial charge in [0.25, 0.3) is 5.91 Å². The van der Waals surface area contributed by atoms with E-state index in [0.717, 1.165) is 5.56 Å². The number of ether oxygens (including phenoxy) is 2. The summed E-state index contributed by atoms with van der Waals surface area (Å²) in [5, 5.41) is 15.6. The number of hydrogen-bond acceptors (Lipinski definition) is 7. The molecule has 2 aromatic rings. The number of esters is 2. The number of likely N-dealkylation sites (N-methyl/N-ethyl adjacent to an activating group) is 1. The molecule has 0 bridgehead atoms. The van der Waals surface area contributed by atoms with Crippen LogP contribution in [0.4, 0.5) is 0 Å². The molecule has 0 aliphatic rings. The Kier molecular flexibility index (Phi) is 8.37. The van der Waals surface area contributed by atoms with E-state index in [2.05, 4.69) is 10.6 Å². The Hall–Kier alpha value is -3.39. The van der Waals surface area contributed by atoms with E-state index in [1.165, 1.54) is 25.3 Å². The van der Waals surface area contributed by atoms with E-state index >= 15 is 0 Å². The van der Waals surface area contributed by atoms with E-state index in [9.17, 15) is 19.5 Å². The summed E-state index contributed by atoms with van der Waals surface area (Å²) < 4.78 is 10.0. The second-order valence-electron chi connectivity index (χ2n) is 6.59. The molecule has 0 aromatic heterocycles. The van der Waals surface area contributed by atoms with E-state index in [1.54, 1.807) is 7.05 Å². The molecule has 0 heterocycles. The van der Waals surface area contributed by atoms with Gasteiger partial charge in [0.2, 0.25) is 0 Å². The van der Waals surface area contributed by atoms with Gasteiger partial charge in [0.1, 0.15) is 23.6 Å². The molecule has 2 atom stereocenters. The Morgan fingerprint density at radius 2 is 1.73 bits per heavy atom. The number of phenolic OH excluding ortho intramolecular Hbond substituents is 1. The largest absolute Gasteiger partial charge is 0.507 e. The number of phenols is 1. The van der Waals surface area contributed by atoms with Gasteiger partial charge in [-0.1, -0.05) is 37.3 Å². The van der Waals surface area contributed by atoms with Crippen LogP contribution in [-0.4, -0.2) is 49.2 Å². The van der Waals surface area contributed by atoms with Crippen molar-refractivity contribution < 1.29 is 29.0 Å². The smallest absolute Gasteiger partial charge is 0.328 e. The molecular formula is C22H26N2O6. The van der Waals surface area contributed by atoms with Crippen molar-refractivity contribution in [3.8, 4) is 11.5 Å². The molecular weight excluding hydrogens is 388 g/mol. The van der Waals surface area contributed by atoms with Crippen LogP contribution in [-0.2, 0) is 20.7 Å². The van der Waals surface area contributed by atoms with Crippen LogP contribution in [0.1, 0.15) is 29.3 Å². The number of amides is 1. The van der Waals surface area contributed by atoms with Gasteiger partial charge in [0, 0.05) is 12.5 Å². The first-order valence-corrected chi connectivity index (χ1v) is 9.54. The molecule has 160 valence electrons. The molecule has 3 N–H and O–H groups in total. The number of rotatable bonds is 9. The SMILES string of the molecule is CCC(NC)C(=O)Oc1ccc(C(=O)N[C@@H](Cc2ccccc2)C(=O)OC)c(O)c1. The molecule has 2 aromatic carbocycles. The van der Waals surface area contributed by atoms with Gasteiger partial charge in [-0.2, -0.15) is 0 Å². The summed E-state index contributed by atoms with van der Waals surface area (Å²) in [4.78, 5) is 36.8. The molecule has 0 fully saturated rings. The zero-order valence-corrected chi connectivity index (χ0v) is 17.2. The van der Waals surface area contributed by atoms with E-state index in [4.69, 9.17) is 9.47 Å². The maximum atomic E-state index is 12.6. The fourth-order valence-electron chi connectivity index (χ4n) is 2.86. The minimum Gasteiger partial charge on any atom is -0.507 e. The first-order chi connectivity index (χ1) is 14.4. The van der Waals surface area contributed by atoms with Gasteiger partial charge in [0.05, 0.1) is 12.7 Å². The quantitative estimate of drug-likeness (QED) is 0.424. The topological polar surface area (TPSA) is 114 Å². The maximum Gasteiger partial charge on any atom is 0.328 e. The second-order valence-corrected chi connectivity index (χ2v) is 6.59. The lowest BCUT2D eigenvalue weighted by molar-refractivity contribution is -0.143. The molecule has 0 aliphatic heterocycles. The Morgan fingerprint density at radius 3 is 2.30 bits per heavy atom. The van der Waals surface area contributed by atoms with Crippen LogP contribution in [0.3, 0.4) is 0 Å². The molecule has 0 spiro atoms. The molecule has 8 nitrogen and oxygen atoms in total. The number of methoxy groups -OCH3 is 1. The standard InChI is InChI=1S/C22H26N2O6/c1-4-17(23-2)22(28)30-15-10-11-16(19(25)13-15)20(26)24-18(21(27)29-3)12-14-8-6-5-7-9-14/h5-11,13,17-18,23,25H,4,12H2,1-3H3,(H,24,26)/t17?,18-/m0/s1. The zero-order valence-electron chi connectivity index (χ0n) is 17.2. The molecule has 30 heavy (non-hydrogen) atoms. The van der Waals surface area contributed by atoms with Crippen molar-refractivity contribution in [1.82, 2.24) is 10.6 Å². The molecule has 0 aliphatic carbocycles. The van der Waals surface area contributed by atoms with Crippen molar-refractivity contribution in [2.45, 2.75) is 31.8 Å². The highest BCUT2D eigenvalue weighted by molar-refractivity contribution is 5.99. The highest BCUT2D eigenvalue weighted by atomic mass is 16.5. The van der Waals surface area contributed by atoms with Crippen molar-refractivity contribution in [2.24, 2.45) is 0 Å². The van der Waals surface area contributed by atoms with Gasteiger partial charge in [-0.15, -0.1) is 0 Å². The predicted molar refractivity (Wildman–Crippen MR) is 110 cm³/mol.